The van der Waals surface area contributed by atoms with Gasteiger partial charge in [-0.1, -0.05) is 18.2 Å². The highest BCUT2D eigenvalue weighted by Crippen LogP contribution is 2.28. The van der Waals surface area contributed by atoms with E-state index in [-0.39, 0.29) is 28.6 Å². The summed E-state index contributed by atoms with van der Waals surface area (Å²) in [6, 6.07) is 6.39. The summed E-state index contributed by atoms with van der Waals surface area (Å²) in [7, 11) is 0. The zero-order valence-electron chi connectivity index (χ0n) is 13.2. The molecule has 1 unspecified atom stereocenters. The number of carbonyl (C=O) groups is 1. The van der Waals surface area contributed by atoms with Crippen molar-refractivity contribution in [1.82, 2.24) is 0 Å². The van der Waals surface area contributed by atoms with E-state index in [1.165, 1.54) is 25.1 Å². The number of carbonyl (C=O) groups excluding carboxylic acids is 1. The maximum absolute atomic E-state index is 12.3. The summed E-state index contributed by atoms with van der Waals surface area (Å²) in [6.07, 6.45) is 2.99. The van der Waals surface area contributed by atoms with Crippen LogP contribution in [0.15, 0.2) is 39.6 Å². The minimum absolute atomic E-state index is 0.130. The fourth-order valence-corrected chi connectivity index (χ4v) is 2.20. The third kappa shape index (κ3) is 3.51. The first-order valence-corrected chi connectivity index (χ1v) is 7.15. The lowest BCUT2D eigenvalue weighted by atomic mass is 9.97. The van der Waals surface area contributed by atoms with Crippen LogP contribution in [0.4, 0.5) is 0 Å². The number of benzene rings is 1. The standard InChI is InChI=1S/C18H18O5/c1-10(17-11(2)16(21)12(3)18(22)23-17)15(20)9-6-13-4-7-14(19)8-5-13/h4-10,19,21H,1-3H3/b9-6+. The number of hydrogen-bond acceptors (Lipinski definition) is 5. The molecule has 23 heavy (non-hydrogen) atoms. The van der Waals surface area contributed by atoms with Crippen LogP contribution in [0.1, 0.15) is 35.3 Å². The second-order valence-corrected chi connectivity index (χ2v) is 5.40. The highest BCUT2D eigenvalue weighted by atomic mass is 16.4. The number of aromatic hydroxyl groups is 2. The Morgan fingerprint density at radius 2 is 1.74 bits per heavy atom. The van der Waals surface area contributed by atoms with Gasteiger partial charge in [-0.05, 0) is 44.5 Å². The molecule has 1 aromatic heterocycles. The molecule has 0 radical (unpaired) electrons. The van der Waals surface area contributed by atoms with Gasteiger partial charge in [-0.3, -0.25) is 4.79 Å². The van der Waals surface area contributed by atoms with Crippen molar-refractivity contribution in [2.45, 2.75) is 26.7 Å². The first kappa shape index (κ1) is 16.5. The summed E-state index contributed by atoms with van der Waals surface area (Å²) in [6.45, 7) is 4.69. The lowest BCUT2D eigenvalue weighted by molar-refractivity contribution is -0.115. The average Bonchev–Trinajstić information content (AvgIpc) is 2.54. The van der Waals surface area contributed by atoms with E-state index < -0.39 is 11.5 Å². The van der Waals surface area contributed by atoms with E-state index in [4.69, 9.17) is 4.42 Å². The zero-order valence-corrected chi connectivity index (χ0v) is 13.2. The predicted octanol–water partition coefficient (Wildman–Crippen LogP) is 3.05. The van der Waals surface area contributed by atoms with E-state index in [0.717, 1.165) is 5.56 Å². The van der Waals surface area contributed by atoms with Crippen LogP contribution in [-0.4, -0.2) is 16.0 Å². The third-order valence-electron chi connectivity index (χ3n) is 3.74. The lowest BCUT2D eigenvalue weighted by Crippen LogP contribution is -2.13. The van der Waals surface area contributed by atoms with Crippen LogP contribution in [0.25, 0.3) is 6.08 Å². The molecule has 5 nitrogen and oxygen atoms in total. The van der Waals surface area contributed by atoms with Crippen molar-refractivity contribution in [2.24, 2.45) is 0 Å². The van der Waals surface area contributed by atoms with E-state index in [1.54, 1.807) is 32.1 Å². The Kier molecular flexibility index (Phi) is 4.69. The highest BCUT2D eigenvalue weighted by molar-refractivity contribution is 5.98. The van der Waals surface area contributed by atoms with Crippen molar-refractivity contribution >= 4 is 11.9 Å². The Bertz CT molecular complexity index is 813. The van der Waals surface area contributed by atoms with Gasteiger partial charge in [0.15, 0.2) is 5.78 Å². The molecule has 0 amide bonds. The van der Waals surface area contributed by atoms with E-state index in [0.29, 0.717) is 5.56 Å². The molecule has 5 heteroatoms. The van der Waals surface area contributed by atoms with Crippen LogP contribution < -0.4 is 5.63 Å². The van der Waals surface area contributed by atoms with E-state index in [2.05, 4.69) is 0 Å². The van der Waals surface area contributed by atoms with Crippen molar-refractivity contribution in [3.63, 3.8) is 0 Å². The number of phenolic OH excluding ortho intramolecular Hbond substituents is 1. The molecule has 1 atom stereocenters. The van der Waals surface area contributed by atoms with Crippen molar-refractivity contribution in [3.8, 4) is 11.5 Å². The summed E-state index contributed by atoms with van der Waals surface area (Å²) < 4.78 is 5.17. The number of phenols is 1. The molecule has 120 valence electrons. The number of ketones is 1. The van der Waals surface area contributed by atoms with Crippen LogP contribution in [0.3, 0.4) is 0 Å². The van der Waals surface area contributed by atoms with Crippen LogP contribution in [-0.2, 0) is 4.79 Å². The quantitative estimate of drug-likeness (QED) is 0.847. The van der Waals surface area contributed by atoms with Crippen LogP contribution in [0, 0.1) is 13.8 Å². The Balaban J connectivity index is 2.27. The highest BCUT2D eigenvalue weighted by Gasteiger charge is 2.22. The molecule has 1 heterocycles. The summed E-state index contributed by atoms with van der Waals surface area (Å²) in [5, 5.41) is 19.1. The van der Waals surface area contributed by atoms with Gasteiger partial charge in [0.05, 0.1) is 11.5 Å². The molecule has 0 spiro atoms. The Morgan fingerprint density at radius 1 is 1.13 bits per heavy atom. The molecule has 2 N–H and O–H groups in total. The molecule has 0 bridgehead atoms. The molecule has 0 saturated carbocycles. The smallest absolute Gasteiger partial charge is 0.342 e. The topological polar surface area (TPSA) is 87.7 Å². The van der Waals surface area contributed by atoms with E-state index >= 15 is 0 Å². The van der Waals surface area contributed by atoms with Crippen molar-refractivity contribution < 1.29 is 19.4 Å². The molecular weight excluding hydrogens is 296 g/mol. The van der Waals surface area contributed by atoms with Crippen molar-refractivity contribution in [2.75, 3.05) is 0 Å². The molecule has 1 aromatic carbocycles. The van der Waals surface area contributed by atoms with Gasteiger partial charge in [0.25, 0.3) is 0 Å². The van der Waals surface area contributed by atoms with Gasteiger partial charge >= 0.3 is 5.63 Å². The molecule has 0 aliphatic heterocycles. The van der Waals surface area contributed by atoms with Crippen LogP contribution in [0.5, 0.6) is 11.5 Å². The van der Waals surface area contributed by atoms with Crippen LogP contribution in [0.2, 0.25) is 0 Å². The molecule has 2 rings (SSSR count). The summed E-state index contributed by atoms with van der Waals surface area (Å²) >= 11 is 0. The van der Waals surface area contributed by atoms with Crippen LogP contribution >= 0.6 is 0 Å². The molecule has 0 fully saturated rings. The predicted molar refractivity (Wildman–Crippen MR) is 86.7 cm³/mol. The molecule has 0 saturated heterocycles. The largest absolute Gasteiger partial charge is 0.508 e. The van der Waals surface area contributed by atoms with E-state index in [9.17, 15) is 19.8 Å². The maximum atomic E-state index is 12.3. The minimum atomic E-state index is -0.692. The second kappa shape index (κ2) is 6.52. The first-order valence-electron chi connectivity index (χ1n) is 7.15. The fourth-order valence-electron chi connectivity index (χ4n) is 2.20. The lowest BCUT2D eigenvalue weighted by Gasteiger charge is -2.12. The van der Waals surface area contributed by atoms with Gasteiger partial charge in [0.1, 0.15) is 17.3 Å². The number of allylic oxidation sites excluding steroid dienone is 1. The molecule has 2 aromatic rings. The molecule has 0 aliphatic rings. The normalized spacial score (nSPS) is 12.5. The van der Waals surface area contributed by atoms with Gasteiger partial charge in [-0.25, -0.2) is 4.79 Å². The summed E-state index contributed by atoms with van der Waals surface area (Å²) in [5.41, 5.74) is 0.630. The zero-order chi connectivity index (χ0) is 17.1. The van der Waals surface area contributed by atoms with Crippen molar-refractivity contribution in [3.05, 3.63) is 63.2 Å². The summed E-state index contributed by atoms with van der Waals surface area (Å²) in [4.78, 5) is 23.9. The van der Waals surface area contributed by atoms with Gasteiger partial charge < -0.3 is 14.6 Å². The Morgan fingerprint density at radius 3 is 2.35 bits per heavy atom. The van der Waals surface area contributed by atoms with Gasteiger partial charge in [-0.15, -0.1) is 0 Å². The fraction of sp³-hybridized carbons (Fsp3) is 0.222. The number of rotatable bonds is 4. The Labute approximate surface area is 133 Å². The average molecular weight is 314 g/mol. The summed E-state index contributed by atoms with van der Waals surface area (Å²) in [5.74, 6) is -0.776. The van der Waals surface area contributed by atoms with Crippen molar-refractivity contribution in [1.29, 1.82) is 0 Å². The monoisotopic (exact) mass is 314 g/mol. The first-order chi connectivity index (χ1) is 10.8. The third-order valence-corrected chi connectivity index (χ3v) is 3.74. The van der Waals surface area contributed by atoms with Gasteiger partial charge in [0.2, 0.25) is 0 Å². The SMILES string of the molecule is Cc1c(C(C)C(=O)/C=C/c2ccc(O)cc2)oc(=O)c(C)c1O. The maximum Gasteiger partial charge on any atom is 0.342 e. The minimum Gasteiger partial charge on any atom is -0.508 e. The molecule has 0 aliphatic carbocycles. The van der Waals surface area contributed by atoms with E-state index in [1.807, 2.05) is 0 Å². The Hall–Kier alpha value is -2.82. The number of hydrogen-bond donors (Lipinski definition) is 2. The van der Waals surface area contributed by atoms with Gasteiger partial charge in [-0.2, -0.15) is 0 Å². The second-order valence-electron chi connectivity index (χ2n) is 5.40. The van der Waals surface area contributed by atoms with Gasteiger partial charge in [0, 0.05) is 5.56 Å². The molecular formula is C18H18O5.